The molecule has 3 rings (SSSR count). The normalized spacial score (nSPS) is 11.4. The van der Waals surface area contributed by atoms with Crippen LogP contribution in [0.25, 0.3) is 17.2 Å². The molecule has 20 heavy (non-hydrogen) atoms. The van der Waals surface area contributed by atoms with Gasteiger partial charge in [0.1, 0.15) is 0 Å². The summed E-state index contributed by atoms with van der Waals surface area (Å²) in [5.41, 5.74) is 10.1. The van der Waals surface area contributed by atoms with E-state index in [1.807, 2.05) is 29.1 Å². The van der Waals surface area contributed by atoms with Gasteiger partial charge in [-0.25, -0.2) is 9.50 Å². The Morgan fingerprint density at radius 3 is 2.75 bits per heavy atom. The third-order valence-electron chi connectivity index (χ3n) is 3.60. The maximum absolute atomic E-state index is 5.68. The summed E-state index contributed by atoms with van der Waals surface area (Å²) < 4.78 is 3.95. The van der Waals surface area contributed by atoms with Crippen LogP contribution in [0.3, 0.4) is 0 Å². The van der Waals surface area contributed by atoms with E-state index in [1.165, 1.54) is 5.56 Å². The number of imidazole rings is 1. The predicted molar refractivity (Wildman–Crippen MR) is 79.6 cm³/mol. The third kappa shape index (κ3) is 1.91. The molecule has 0 atom stereocenters. The molecule has 0 aliphatic heterocycles. The minimum absolute atomic E-state index is 0.602. The molecule has 2 N–H and O–H groups in total. The molecule has 1 aromatic carbocycles. The second kappa shape index (κ2) is 4.76. The highest BCUT2D eigenvalue weighted by molar-refractivity contribution is 5.59. The highest BCUT2D eigenvalue weighted by Gasteiger charge is 2.16. The topological polar surface area (TPSA) is 61.1 Å². The average Bonchev–Trinajstić information content (AvgIpc) is 2.89. The average molecular weight is 269 g/mol. The summed E-state index contributed by atoms with van der Waals surface area (Å²) >= 11 is 0. The minimum Gasteiger partial charge on any atom is -0.330 e. The number of fused-ring (bicyclic) bond motifs is 1. The van der Waals surface area contributed by atoms with Crippen molar-refractivity contribution in [2.45, 2.75) is 20.3 Å². The van der Waals surface area contributed by atoms with Gasteiger partial charge in [-0.3, -0.25) is 4.57 Å². The molecule has 5 heteroatoms. The van der Waals surface area contributed by atoms with Gasteiger partial charge in [0.25, 0.3) is 0 Å². The fourth-order valence-corrected chi connectivity index (χ4v) is 2.57. The molecule has 0 aliphatic rings. The lowest BCUT2D eigenvalue weighted by Crippen LogP contribution is -2.06. The van der Waals surface area contributed by atoms with Gasteiger partial charge in [-0.05, 0) is 26.5 Å². The molecular weight excluding hydrogens is 250 g/mol. The zero-order valence-electron chi connectivity index (χ0n) is 12.1. The van der Waals surface area contributed by atoms with Gasteiger partial charge in [0.2, 0.25) is 5.78 Å². The van der Waals surface area contributed by atoms with Crippen LogP contribution >= 0.6 is 0 Å². The Labute approximate surface area is 118 Å². The molecule has 0 amide bonds. The van der Waals surface area contributed by atoms with Gasteiger partial charge in [0, 0.05) is 19.0 Å². The summed E-state index contributed by atoms with van der Waals surface area (Å²) in [6.45, 7) is 4.69. The minimum atomic E-state index is 0.602. The quantitative estimate of drug-likeness (QED) is 0.789. The molecule has 0 bridgehead atoms. The van der Waals surface area contributed by atoms with Gasteiger partial charge >= 0.3 is 0 Å². The maximum Gasteiger partial charge on any atom is 0.232 e. The van der Waals surface area contributed by atoms with Crippen molar-refractivity contribution in [1.29, 1.82) is 0 Å². The summed E-state index contributed by atoms with van der Waals surface area (Å²) in [6.07, 6.45) is 0.789. The molecule has 0 saturated heterocycles. The molecule has 0 spiro atoms. The van der Waals surface area contributed by atoms with Gasteiger partial charge in [-0.1, -0.05) is 23.8 Å². The van der Waals surface area contributed by atoms with E-state index in [2.05, 4.69) is 30.1 Å². The number of benzene rings is 1. The molecule has 104 valence electrons. The zero-order valence-corrected chi connectivity index (χ0v) is 12.1. The Hall–Kier alpha value is -2.14. The number of nitrogens with zero attached hydrogens (tertiary/aromatic N) is 4. The molecule has 3 aromatic rings. The van der Waals surface area contributed by atoms with Gasteiger partial charge in [0.15, 0.2) is 5.82 Å². The standard InChI is InChI=1S/C15H19N5/c1-10-5-4-6-12(9-10)14-18-20-13(7-8-16)11(2)17-15(20)19(14)3/h4-6,9H,7-8,16H2,1-3H3. The maximum atomic E-state index is 5.68. The van der Waals surface area contributed by atoms with Crippen LogP contribution in [-0.4, -0.2) is 25.7 Å². The van der Waals surface area contributed by atoms with Crippen molar-refractivity contribution in [3.8, 4) is 11.4 Å². The van der Waals surface area contributed by atoms with Crippen molar-refractivity contribution in [1.82, 2.24) is 19.2 Å². The van der Waals surface area contributed by atoms with Crippen molar-refractivity contribution < 1.29 is 0 Å². The Morgan fingerprint density at radius 2 is 2.05 bits per heavy atom. The number of hydrogen-bond acceptors (Lipinski definition) is 3. The van der Waals surface area contributed by atoms with Gasteiger partial charge < -0.3 is 5.73 Å². The van der Waals surface area contributed by atoms with Gasteiger partial charge in [0.05, 0.1) is 11.4 Å². The van der Waals surface area contributed by atoms with Crippen molar-refractivity contribution in [3.05, 3.63) is 41.2 Å². The fraction of sp³-hybridized carbons (Fsp3) is 0.333. The highest BCUT2D eigenvalue weighted by Crippen LogP contribution is 2.22. The lowest BCUT2D eigenvalue weighted by atomic mass is 10.1. The molecule has 0 fully saturated rings. The fourth-order valence-electron chi connectivity index (χ4n) is 2.57. The van der Waals surface area contributed by atoms with Crippen LogP contribution < -0.4 is 5.73 Å². The Kier molecular flexibility index (Phi) is 3.06. The lowest BCUT2D eigenvalue weighted by molar-refractivity contribution is 0.835. The van der Waals surface area contributed by atoms with Gasteiger partial charge in [-0.2, -0.15) is 0 Å². The Bertz CT molecular complexity index is 766. The summed E-state index contributed by atoms with van der Waals surface area (Å²) in [5.74, 6) is 1.79. The van der Waals surface area contributed by atoms with E-state index in [0.29, 0.717) is 6.54 Å². The van der Waals surface area contributed by atoms with Crippen LogP contribution in [0.2, 0.25) is 0 Å². The molecule has 0 unspecified atom stereocenters. The largest absolute Gasteiger partial charge is 0.330 e. The van der Waals surface area contributed by atoms with Crippen molar-refractivity contribution in [3.63, 3.8) is 0 Å². The first-order valence-electron chi connectivity index (χ1n) is 6.80. The first-order chi connectivity index (χ1) is 9.61. The van der Waals surface area contributed by atoms with Crippen LogP contribution in [-0.2, 0) is 13.5 Å². The SMILES string of the molecule is Cc1cccc(-c2nn3c(CCN)c(C)nc3n2C)c1. The second-order valence-electron chi connectivity index (χ2n) is 5.15. The zero-order chi connectivity index (χ0) is 14.3. The first kappa shape index (κ1) is 12.9. The highest BCUT2D eigenvalue weighted by atomic mass is 15.4. The van der Waals surface area contributed by atoms with Crippen LogP contribution in [0.5, 0.6) is 0 Å². The van der Waals surface area contributed by atoms with Crippen molar-refractivity contribution >= 4 is 5.78 Å². The van der Waals surface area contributed by atoms with Crippen molar-refractivity contribution in [2.75, 3.05) is 6.54 Å². The number of aromatic nitrogens is 4. The van der Waals surface area contributed by atoms with E-state index in [0.717, 1.165) is 35.0 Å². The number of rotatable bonds is 3. The van der Waals surface area contributed by atoms with E-state index >= 15 is 0 Å². The van der Waals surface area contributed by atoms with Crippen LogP contribution in [0.1, 0.15) is 17.0 Å². The molecular formula is C15H19N5. The van der Waals surface area contributed by atoms with E-state index < -0.39 is 0 Å². The van der Waals surface area contributed by atoms with Crippen molar-refractivity contribution in [2.24, 2.45) is 12.8 Å². The van der Waals surface area contributed by atoms with E-state index in [9.17, 15) is 0 Å². The number of nitrogens with two attached hydrogens (primary N) is 1. The van der Waals surface area contributed by atoms with Crippen LogP contribution in [0, 0.1) is 13.8 Å². The third-order valence-corrected chi connectivity index (χ3v) is 3.60. The lowest BCUT2D eigenvalue weighted by Gasteiger charge is -2.02. The molecule has 5 nitrogen and oxygen atoms in total. The monoisotopic (exact) mass is 269 g/mol. The number of aryl methyl sites for hydroxylation is 3. The van der Waals surface area contributed by atoms with Crippen LogP contribution in [0.15, 0.2) is 24.3 Å². The second-order valence-corrected chi connectivity index (χ2v) is 5.15. The molecule has 2 aromatic heterocycles. The Balaban J connectivity index is 2.21. The smallest absolute Gasteiger partial charge is 0.232 e. The molecule has 0 saturated carbocycles. The summed E-state index contributed by atoms with van der Waals surface area (Å²) in [7, 11) is 2.00. The number of hydrogen-bond donors (Lipinski definition) is 1. The van der Waals surface area contributed by atoms with E-state index in [-0.39, 0.29) is 0 Å². The van der Waals surface area contributed by atoms with E-state index in [4.69, 9.17) is 10.8 Å². The Morgan fingerprint density at radius 1 is 1.25 bits per heavy atom. The first-order valence-corrected chi connectivity index (χ1v) is 6.80. The summed E-state index contributed by atoms with van der Waals surface area (Å²) in [5, 5.41) is 4.72. The van der Waals surface area contributed by atoms with Gasteiger partial charge in [-0.15, -0.1) is 5.10 Å². The molecule has 2 heterocycles. The van der Waals surface area contributed by atoms with Crippen LogP contribution in [0.4, 0.5) is 0 Å². The molecule has 0 radical (unpaired) electrons. The van der Waals surface area contributed by atoms with E-state index in [1.54, 1.807) is 0 Å². The molecule has 0 aliphatic carbocycles. The predicted octanol–water partition coefficient (Wildman–Crippen LogP) is 1.85. The summed E-state index contributed by atoms with van der Waals surface area (Å²) in [6, 6.07) is 8.34. The summed E-state index contributed by atoms with van der Waals surface area (Å²) in [4.78, 5) is 4.61.